The second kappa shape index (κ2) is 40.6. The zero-order chi connectivity index (χ0) is 43.6. The number of benzene rings is 1. The molecule has 0 heterocycles. The minimum Gasteiger partial charge on any atom is -0.462 e. The summed E-state index contributed by atoms with van der Waals surface area (Å²) in [5, 5.41) is 0. The highest BCUT2D eigenvalue weighted by atomic mass is 32.2. The number of carbonyl (C=O) groups excluding carboxylic acids is 2. The number of rotatable bonds is 43. The fraction of sp³-hybridized carbons (Fsp3) is 0.769. The summed E-state index contributed by atoms with van der Waals surface area (Å²) in [6, 6.07) is 3.31. The van der Waals surface area contributed by atoms with E-state index in [1.54, 1.807) is 0 Å². The van der Waals surface area contributed by atoms with Gasteiger partial charge in [0.15, 0.2) is 0 Å². The lowest BCUT2D eigenvalue weighted by molar-refractivity contribution is 0.0450. The van der Waals surface area contributed by atoms with Crippen molar-refractivity contribution in [2.24, 2.45) is 0 Å². The standard InChI is InChI=1S/C52H90O7S/c1-3-5-7-9-11-13-15-17-19-21-23-25-27-29-31-33-35-37-39-41-45-58-51(53)49-44-43-48(60(55,56)57)47-50(49)52(54)59-46-42-40-38-36-34-32-30-28-26-24-22-20-18-16-14-12-10-8-6-4-2/h19-22,43-44,47H,3-18,23-42,45-46H2,1-2H3,(H,55,56,57)/b21-19+,22-20+. The maximum absolute atomic E-state index is 13.0. The fourth-order valence-electron chi connectivity index (χ4n) is 7.63. The molecule has 8 heteroatoms. The number of carbonyl (C=O) groups is 2. The SMILES string of the molecule is CCCCCCCCC/C=C/CCCCCCCCCCCOC(=O)c1ccc(S(=O)(=O)O)cc1C(=O)OCCCCCCCCCCC/C=C/CCCCCCCCC. The van der Waals surface area contributed by atoms with Crippen molar-refractivity contribution in [2.75, 3.05) is 13.2 Å². The Morgan fingerprint density at radius 3 is 1.03 bits per heavy atom. The van der Waals surface area contributed by atoms with Gasteiger partial charge in [0, 0.05) is 0 Å². The van der Waals surface area contributed by atoms with Crippen molar-refractivity contribution in [2.45, 2.75) is 250 Å². The molecule has 0 aromatic heterocycles. The Morgan fingerprint density at radius 2 is 0.717 bits per heavy atom. The molecule has 1 aromatic rings. The quantitative estimate of drug-likeness (QED) is 0.0302. The summed E-state index contributed by atoms with van der Waals surface area (Å²) in [7, 11) is -4.57. The van der Waals surface area contributed by atoms with Gasteiger partial charge >= 0.3 is 11.9 Å². The van der Waals surface area contributed by atoms with Gasteiger partial charge in [-0.1, -0.05) is 205 Å². The van der Waals surface area contributed by atoms with Gasteiger partial charge in [-0.2, -0.15) is 8.42 Å². The van der Waals surface area contributed by atoms with E-state index in [0.29, 0.717) is 6.42 Å². The third-order valence-corrected chi connectivity index (χ3v) is 12.4. The molecule has 0 unspecified atom stereocenters. The monoisotopic (exact) mass is 859 g/mol. The molecule has 0 spiro atoms. The van der Waals surface area contributed by atoms with Crippen LogP contribution in [0, 0.1) is 0 Å². The molecule has 0 saturated carbocycles. The van der Waals surface area contributed by atoms with Gasteiger partial charge in [-0.3, -0.25) is 4.55 Å². The predicted molar refractivity (Wildman–Crippen MR) is 253 cm³/mol. The molecule has 0 bridgehead atoms. The minimum atomic E-state index is -4.57. The number of allylic oxidation sites excluding steroid dienone is 4. The van der Waals surface area contributed by atoms with Crippen LogP contribution in [-0.4, -0.2) is 38.1 Å². The molecule has 0 saturated heterocycles. The van der Waals surface area contributed by atoms with Crippen molar-refractivity contribution < 1.29 is 32.0 Å². The number of unbranched alkanes of at least 4 members (excludes halogenated alkanes) is 32. The molecule has 0 amide bonds. The van der Waals surface area contributed by atoms with Crippen molar-refractivity contribution >= 4 is 22.1 Å². The normalized spacial score (nSPS) is 11.9. The highest BCUT2D eigenvalue weighted by Gasteiger charge is 2.23. The Balaban J connectivity index is 2.15. The van der Waals surface area contributed by atoms with Crippen LogP contribution in [0.1, 0.15) is 266 Å². The summed E-state index contributed by atoms with van der Waals surface area (Å²) in [6.45, 7) is 4.93. The van der Waals surface area contributed by atoms with E-state index in [1.165, 1.54) is 186 Å². The second-order valence-corrected chi connectivity index (χ2v) is 18.6. The van der Waals surface area contributed by atoms with E-state index in [4.69, 9.17) is 9.47 Å². The first-order chi connectivity index (χ1) is 29.3. The zero-order valence-corrected chi connectivity index (χ0v) is 39.5. The van der Waals surface area contributed by atoms with Gasteiger partial charge in [0.2, 0.25) is 0 Å². The van der Waals surface area contributed by atoms with Crippen LogP contribution in [0.3, 0.4) is 0 Å². The first kappa shape index (κ1) is 55.6. The lowest BCUT2D eigenvalue weighted by Crippen LogP contribution is -2.16. The largest absolute Gasteiger partial charge is 0.462 e. The maximum Gasteiger partial charge on any atom is 0.339 e. The first-order valence-electron chi connectivity index (χ1n) is 25.1. The van der Waals surface area contributed by atoms with Crippen LogP contribution in [-0.2, 0) is 19.6 Å². The molecule has 0 atom stereocenters. The first-order valence-corrected chi connectivity index (χ1v) is 26.5. The molecular weight excluding hydrogens is 769 g/mol. The highest BCUT2D eigenvalue weighted by Crippen LogP contribution is 2.20. The topological polar surface area (TPSA) is 107 Å². The summed E-state index contributed by atoms with van der Waals surface area (Å²) in [4.78, 5) is 25.5. The second-order valence-electron chi connectivity index (χ2n) is 17.2. The molecule has 1 N–H and O–H groups in total. The van der Waals surface area contributed by atoms with Crippen LogP contribution in [0.2, 0.25) is 0 Å². The van der Waals surface area contributed by atoms with Gasteiger partial charge in [0.05, 0.1) is 29.2 Å². The highest BCUT2D eigenvalue weighted by molar-refractivity contribution is 7.85. The van der Waals surface area contributed by atoms with Crippen LogP contribution in [0.5, 0.6) is 0 Å². The lowest BCUT2D eigenvalue weighted by Gasteiger charge is -2.11. The summed E-state index contributed by atoms with van der Waals surface area (Å²) in [5.74, 6) is -1.50. The van der Waals surface area contributed by atoms with Crippen molar-refractivity contribution in [3.05, 3.63) is 53.6 Å². The molecule has 1 rings (SSSR count). The van der Waals surface area contributed by atoms with Crippen LogP contribution in [0.25, 0.3) is 0 Å². The van der Waals surface area contributed by atoms with E-state index < -0.39 is 27.0 Å². The van der Waals surface area contributed by atoms with E-state index in [-0.39, 0.29) is 24.3 Å². The van der Waals surface area contributed by atoms with Crippen molar-refractivity contribution in [3.63, 3.8) is 0 Å². The van der Waals surface area contributed by atoms with Gasteiger partial charge in [0.25, 0.3) is 10.1 Å². The maximum atomic E-state index is 13.0. The van der Waals surface area contributed by atoms with Crippen LogP contribution >= 0.6 is 0 Å². The summed E-state index contributed by atoms with van der Waals surface area (Å²) >= 11 is 0. The minimum absolute atomic E-state index is 0.0597. The van der Waals surface area contributed by atoms with E-state index in [2.05, 4.69) is 38.2 Å². The number of esters is 2. The Kier molecular flexibility index (Phi) is 37.6. The molecule has 7 nitrogen and oxygen atoms in total. The Morgan fingerprint density at radius 1 is 0.433 bits per heavy atom. The van der Waals surface area contributed by atoms with Gasteiger partial charge in [-0.15, -0.1) is 0 Å². The van der Waals surface area contributed by atoms with Crippen LogP contribution < -0.4 is 0 Å². The molecule has 0 aliphatic carbocycles. The summed E-state index contributed by atoms with van der Waals surface area (Å²) in [5.41, 5.74) is -0.270. The van der Waals surface area contributed by atoms with Gasteiger partial charge in [-0.25, -0.2) is 9.59 Å². The molecule has 0 aliphatic heterocycles. The average molecular weight is 859 g/mol. The predicted octanol–water partition coefficient (Wildman–Crippen LogP) is 16.4. The van der Waals surface area contributed by atoms with E-state index in [1.807, 2.05) is 0 Å². The number of ether oxygens (including phenoxy) is 2. The third kappa shape index (κ3) is 33.2. The van der Waals surface area contributed by atoms with Crippen LogP contribution in [0.15, 0.2) is 47.4 Å². The molecule has 0 fully saturated rings. The molecule has 60 heavy (non-hydrogen) atoms. The zero-order valence-electron chi connectivity index (χ0n) is 38.7. The van der Waals surface area contributed by atoms with Gasteiger partial charge < -0.3 is 9.47 Å². The van der Waals surface area contributed by atoms with Crippen molar-refractivity contribution in [1.29, 1.82) is 0 Å². The van der Waals surface area contributed by atoms with Crippen molar-refractivity contribution in [3.8, 4) is 0 Å². The third-order valence-electron chi connectivity index (χ3n) is 11.5. The van der Waals surface area contributed by atoms with Crippen molar-refractivity contribution in [1.82, 2.24) is 0 Å². The average Bonchev–Trinajstić information content (AvgIpc) is 3.24. The number of hydrogen-bond acceptors (Lipinski definition) is 6. The molecule has 0 aliphatic rings. The molecular formula is C52H90O7S. The Labute approximate surface area is 369 Å². The lowest BCUT2D eigenvalue weighted by atomic mass is 10.1. The Bertz CT molecular complexity index is 1340. The van der Waals surface area contributed by atoms with Gasteiger partial charge in [-0.05, 0) is 82.4 Å². The smallest absolute Gasteiger partial charge is 0.339 e. The van der Waals surface area contributed by atoms with E-state index in [0.717, 1.165) is 57.1 Å². The molecule has 346 valence electrons. The summed E-state index contributed by atoms with van der Waals surface area (Å²) in [6.07, 6.45) is 53.8. The number of hydrogen-bond donors (Lipinski definition) is 1. The van der Waals surface area contributed by atoms with Crippen LogP contribution in [0.4, 0.5) is 0 Å². The summed E-state index contributed by atoms with van der Waals surface area (Å²) < 4.78 is 44.1. The molecule has 0 radical (unpaired) electrons. The molecule has 1 aromatic carbocycles. The van der Waals surface area contributed by atoms with E-state index in [9.17, 15) is 22.6 Å². The van der Waals surface area contributed by atoms with E-state index >= 15 is 0 Å². The van der Waals surface area contributed by atoms with Gasteiger partial charge in [0.1, 0.15) is 0 Å². The Hall–Kier alpha value is -2.45. The fourth-order valence-corrected chi connectivity index (χ4v) is 8.14.